The van der Waals surface area contributed by atoms with E-state index in [2.05, 4.69) is 5.32 Å². The molecule has 0 aliphatic rings. The number of aliphatic hydroxyl groups is 1. The Labute approximate surface area is 152 Å². The van der Waals surface area contributed by atoms with Crippen LogP contribution in [0.3, 0.4) is 0 Å². The second-order valence-electron chi connectivity index (χ2n) is 5.28. The molecule has 0 heterocycles. The van der Waals surface area contributed by atoms with Gasteiger partial charge in [-0.15, -0.1) is 0 Å². The molecule has 24 heavy (non-hydrogen) atoms. The normalized spacial score (nSPS) is 10.7. The molecule has 0 aliphatic carbocycles. The first kappa shape index (κ1) is 18.9. The molecule has 0 saturated carbocycles. The number of halogens is 2. The predicted molar refractivity (Wildman–Crippen MR) is 97.2 cm³/mol. The Morgan fingerprint density at radius 1 is 1.12 bits per heavy atom. The second kappa shape index (κ2) is 9.74. The summed E-state index contributed by atoms with van der Waals surface area (Å²) < 4.78 is 11.2. The van der Waals surface area contributed by atoms with E-state index in [0.717, 1.165) is 17.7 Å². The van der Waals surface area contributed by atoms with Crippen molar-refractivity contribution in [2.24, 2.45) is 0 Å². The van der Waals surface area contributed by atoms with Gasteiger partial charge in [0.1, 0.15) is 6.61 Å². The number of rotatable bonds is 9. The highest BCUT2D eigenvalue weighted by Crippen LogP contribution is 2.37. The van der Waals surface area contributed by atoms with E-state index in [1.807, 2.05) is 36.4 Å². The van der Waals surface area contributed by atoms with Crippen LogP contribution >= 0.6 is 23.2 Å². The number of aliphatic hydroxyl groups excluding tert-OH is 1. The van der Waals surface area contributed by atoms with Gasteiger partial charge in [-0.1, -0.05) is 35.3 Å². The molecule has 0 saturated heterocycles. The standard InChI is InChI=1S/C18H21Cl2NO3/c1-23-17-10-14(11-21-6-3-7-22)9-16(20)18(17)24-12-13-4-2-5-15(19)8-13/h2,4-5,8-10,21-22H,3,6-7,11-12H2,1H3. The first-order valence-electron chi connectivity index (χ1n) is 7.69. The van der Waals surface area contributed by atoms with Gasteiger partial charge in [0.25, 0.3) is 0 Å². The predicted octanol–water partition coefficient (Wildman–Crippen LogP) is 4.05. The van der Waals surface area contributed by atoms with Gasteiger partial charge in [0.15, 0.2) is 11.5 Å². The molecular formula is C18H21Cl2NO3. The average Bonchev–Trinajstić information content (AvgIpc) is 2.57. The van der Waals surface area contributed by atoms with E-state index in [0.29, 0.717) is 41.1 Å². The molecule has 2 aromatic rings. The number of benzene rings is 2. The highest BCUT2D eigenvalue weighted by atomic mass is 35.5. The van der Waals surface area contributed by atoms with Gasteiger partial charge in [0, 0.05) is 18.2 Å². The van der Waals surface area contributed by atoms with Crippen molar-refractivity contribution in [3.63, 3.8) is 0 Å². The summed E-state index contributed by atoms with van der Waals surface area (Å²) in [6.45, 7) is 1.91. The first-order chi connectivity index (χ1) is 11.6. The largest absolute Gasteiger partial charge is 0.493 e. The van der Waals surface area contributed by atoms with Crippen LogP contribution in [-0.4, -0.2) is 25.4 Å². The molecule has 0 unspecified atom stereocenters. The van der Waals surface area contributed by atoms with Crippen LogP contribution in [0, 0.1) is 0 Å². The van der Waals surface area contributed by atoms with Crippen LogP contribution in [0.4, 0.5) is 0 Å². The topological polar surface area (TPSA) is 50.7 Å². The van der Waals surface area contributed by atoms with Gasteiger partial charge in [0.05, 0.1) is 12.1 Å². The molecule has 0 atom stereocenters. The lowest BCUT2D eigenvalue weighted by molar-refractivity contribution is 0.284. The maximum Gasteiger partial charge on any atom is 0.180 e. The van der Waals surface area contributed by atoms with Gasteiger partial charge in [0.2, 0.25) is 0 Å². The summed E-state index contributed by atoms with van der Waals surface area (Å²) in [4.78, 5) is 0. The zero-order valence-corrected chi connectivity index (χ0v) is 15.0. The summed E-state index contributed by atoms with van der Waals surface area (Å²) in [5.74, 6) is 1.10. The minimum atomic E-state index is 0.174. The number of hydrogen-bond acceptors (Lipinski definition) is 4. The van der Waals surface area contributed by atoms with Crippen LogP contribution in [-0.2, 0) is 13.2 Å². The molecule has 0 aliphatic heterocycles. The van der Waals surface area contributed by atoms with E-state index in [1.165, 1.54) is 0 Å². The number of ether oxygens (including phenoxy) is 2. The molecule has 0 fully saturated rings. The lowest BCUT2D eigenvalue weighted by Gasteiger charge is -2.15. The van der Waals surface area contributed by atoms with Crippen molar-refractivity contribution in [3.8, 4) is 11.5 Å². The van der Waals surface area contributed by atoms with Crippen LogP contribution in [0.25, 0.3) is 0 Å². The van der Waals surface area contributed by atoms with Crippen molar-refractivity contribution >= 4 is 23.2 Å². The minimum absolute atomic E-state index is 0.174. The Bertz CT molecular complexity index is 665. The van der Waals surface area contributed by atoms with Crippen molar-refractivity contribution in [2.45, 2.75) is 19.6 Å². The fourth-order valence-corrected chi connectivity index (χ4v) is 2.74. The fourth-order valence-electron chi connectivity index (χ4n) is 2.23. The average molecular weight is 370 g/mol. The molecule has 2 aromatic carbocycles. The fraction of sp³-hybridized carbons (Fsp3) is 0.333. The molecule has 130 valence electrons. The first-order valence-corrected chi connectivity index (χ1v) is 8.45. The summed E-state index contributed by atoms with van der Waals surface area (Å²) in [5, 5.41) is 13.2. The SMILES string of the molecule is COc1cc(CNCCCO)cc(Cl)c1OCc1cccc(Cl)c1. The summed E-state index contributed by atoms with van der Waals surface area (Å²) >= 11 is 12.3. The third kappa shape index (κ3) is 5.56. The monoisotopic (exact) mass is 369 g/mol. The lowest BCUT2D eigenvalue weighted by atomic mass is 10.2. The summed E-state index contributed by atoms with van der Waals surface area (Å²) in [7, 11) is 1.58. The molecule has 0 aromatic heterocycles. The highest BCUT2D eigenvalue weighted by molar-refractivity contribution is 6.32. The van der Waals surface area contributed by atoms with Crippen LogP contribution in [0.5, 0.6) is 11.5 Å². The lowest BCUT2D eigenvalue weighted by Crippen LogP contribution is -2.15. The quantitative estimate of drug-likeness (QED) is 0.654. The van der Waals surface area contributed by atoms with E-state index >= 15 is 0 Å². The maximum absolute atomic E-state index is 8.79. The Morgan fingerprint density at radius 2 is 1.96 bits per heavy atom. The van der Waals surface area contributed by atoms with E-state index in [9.17, 15) is 0 Å². The van der Waals surface area contributed by atoms with Gasteiger partial charge < -0.3 is 19.9 Å². The van der Waals surface area contributed by atoms with Crippen LogP contribution < -0.4 is 14.8 Å². The molecule has 0 bridgehead atoms. The van der Waals surface area contributed by atoms with E-state index in [4.69, 9.17) is 37.8 Å². The van der Waals surface area contributed by atoms with E-state index in [1.54, 1.807) is 7.11 Å². The van der Waals surface area contributed by atoms with Crippen LogP contribution in [0.1, 0.15) is 17.5 Å². The number of hydrogen-bond donors (Lipinski definition) is 2. The van der Waals surface area contributed by atoms with Crippen molar-refractivity contribution in [3.05, 3.63) is 57.6 Å². The minimum Gasteiger partial charge on any atom is -0.493 e. The van der Waals surface area contributed by atoms with Gasteiger partial charge in [-0.05, 0) is 48.4 Å². The zero-order chi connectivity index (χ0) is 17.4. The van der Waals surface area contributed by atoms with Crippen molar-refractivity contribution in [1.29, 1.82) is 0 Å². The Kier molecular flexibility index (Phi) is 7.66. The molecule has 2 N–H and O–H groups in total. The van der Waals surface area contributed by atoms with Gasteiger partial charge in [-0.3, -0.25) is 0 Å². The Hall–Kier alpha value is -1.46. The van der Waals surface area contributed by atoms with Gasteiger partial charge >= 0.3 is 0 Å². The molecule has 4 nitrogen and oxygen atoms in total. The second-order valence-corrected chi connectivity index (χ2v) is 6.13. The third-order valence-corrected chi connectivity index (χ3v) is 3.92. The number of methoxy groups -OCH3 is 1. The van der Waals surface area contributed by atoms with Crippen LogP contribution in [0.2, 0.25) is 10.0 Å². The van der Waals surface area contributed by atoms with Crippen LogP contribution in [0.15, 0.2) is 36.4 Å². The van der Waals surface area contributed by atoms with Crippen molar-refractivity contribution < 1.29 is 14.6 Å². The van der Waals surface area contributed by atoms with E-state index in [-0.39, 0.29) is 6.61 Å². The molecule has 6 heteroatoms. The Morgan fingerprint density at radius 3 is 2.67 bits per heavy atom. The van der Waals surface area contributed by atoms with E-state index < -0.39 is 0 Å². The summed E-state index contributed by atoms with van der Waals surface area (Å²) in [6.07, 6.45) is 0.714. The smallest absolute Gasteiger partial charge is 0.180 e. The number of nitrogens with one attached hydrogen (secondary N) is 1. The molecule has 0 radical (unpaired) electrons. The summed E-state index contributed by atoms with van der Waals surface area (Å²) in [5.41, 5.74) is 1.94. The third-order valence-electron chi connectivity index (χ3n) is 3.40. The Balaban J connectivity index is 2.06. The summed E-state index contributed by atoms with van der Waals surface area (Å²) in [6, 6.07) is 11.2. The zero-order valence-electron chi connectivity index (χ0n) is 13.5. The maximum atomic E-state index is 8.79. The highest BCUT2D eigenvalue weighted by Gasteiger charge is 2.12. The van der Waals surface area contributed by atoms with Gasteiger partial charge in [-0.2, -0.15) is 0 Å². The van der Waals surface area contributed by atoms with Gasteiger partial charge in [-0.25, -0.2) is 0 Å². The molecule has 0 spiro atoms. The van der Waals surface area contributed by atoms with Crippen molar-refractivity contribution in [2.75, 3.05) is 20.3 Å². The molecular weight excluding hydrogens is 349 g/mol. The molecule has 2 rings (SSSR count). The van der Waals surface area contributed by atoms with Crippen molar-refractivity contribution in [1.82, 2.24) is 5.32 Å². The molecule has 0 amide bonds.